The summed E-state index contributed by atoms with van der Waals surface area (Å²) < 4.78 is 0. The minimum atomic E-state index is -0.136. The molecule has 2 saturated carbocycles. The average molecular weight is 286 g/mol. The van der Waals surface area contributed by atoms with Crippen LogP contribution in [0.25, 0.3) is 0 Å². The van der Waals surface area contributed by atoms with Gasteiger partial charge < -0.3 is 5.11 Å². The Morgan fingerprint density at radius 1 is 1.19 bits per heavy atom. The molecule has 2 heteroatoms. The molecule has 1 N–H and O–H groups in total. The van der Waals surface area contributed by atoms with Gasteiger partial charge in [0.25, 0.3) is 0 Å². The second kappa shape index (κ2) is 4.32. The number of carbonyl (C=O) groups excluding carboxylic acids is 1. The van der Waals surface area contributed by atoms with Crippen LogP contribution in [0.3, 0.4) is 0 Å². The molecule has 21 heavy (non-hydrogen) atoms. The summed E-state index contributed by atoms with van der Waals surface area (Å²) in [6.07, 6.45) is 12.6. The Hall–Kier alpha value is -0.890. The Balaban J connectivity index is 1.71. The highest BCUT2D eigenvalue weighted by atomic mass is 16.3. The van der Waals surface area contributed by atoms with E-state index in [9.17, 15) is 9.90 Å². The lowest BCUT2D eigenvalue weighted by atomic mass is 9.48. The summed E-state index contributed by atoms with van der Waals surface area (Å²) in [5.41, 5.74) is 1.64. The third-order valence-electron chi connectivity index (χ3n) is 7.35. The van der Waals surface area contributed by atoms with Gasteiger partial charge in [0.2, 0.25) is 0 Å². The number of aliphatic hydroxyl groups is 1. The molecule has 0 heterocycles. The minimum Gasteiger partial charge on any atom is -0.393 e. The van der Waals surface area contributed by atoms with Crippen molar-refractivity contribution in [2.75, 3.05) is 0 Å². The van der Waals surface area contributed by atoms with E-state index in [4.69, 9.17) is 0 Å². The van der Waals surface area contributed by atoms with E-state index in [0.29, 0.717) is 23.5 Å². The average Bonchev–Trinajstić information content (AvgIpc) is 2.76. The van der Waals surface area contributed by atoms with Crippen molar-refractivity contribution in [3.05, 3.63) is 23.8 Å². The van der Waals surface area contributed by atoms with Crippen LogP contribution in [0, 0.1) is 28.6 Å². The summed E-state index contributed by atoms with van der Waals surface area (Å²) in [5, 5.41) is 9.99. The van der Waals surface area contributed by atoms with Crippen LogP contribution in [0.5, 0.6) is 0 Å². The molecule has 0 bridgehead atoms. The number of allylic oxidation sites excluding steroid dienone is 3. The smallest absolute Gasteiger partial charge is 0.161 e. The molecule has 0 aromatic carbocycles. The second-order valence-corrected chi connectivity index (χ2v) is 8.25. The minimum absolute atomic E-state index is 0.128. The van der Waals surface area contributed by atoms with Crippen LogP contribution < -0.4 is 0 Å². The molecular formula is C19H26O2. The zero-order chi connectivity index (χ0) is 14.8. The Labute approximate surface area is 127 Å². The van der Waals surface area contributed by atoms with Gasteiger partial charge in [0.15, 0.2) is 5.78 Å². The van der Waals surface area contributed by atoms with Crippen LogP contribution in [0.1, 0.15) is 52.4 Å². The van der Waals surface area contributed by atoms with E-state index in [0.717, 1.165) is 32.1 Å². The molecule has 0 aromatic heterocycles. The topological polar surface area (TPSA) is 37.3 Å². The van der Waals surface area contributed by atoms with Gasteiger partial charge in [-0.15, -0.1) is 0 Å². The maximum absolute atomic E-state index is 12.3. The highest BCUT2D eigenvalue weighted by molar-refractivity contribution is 5.97. The van der Waals surface area contributed by atoms with Crippen molar-refractivity contribution in [3.63, 3.8) is 0 Å². The second-order valence-electron chi connectivity index (χ2n) is 8.25. The first kappa shape index (κ1) is 13.8. The van der Waals surface area contributed by atoms with Crippen molar-refractivity contribution in [2.24, 2.45) is 28.6 Å². The van der Waals surface area contributed by atoms with E-state index < -0.39 is 0 Å². The quantitative estimate of drug-likeness (QED) is 0.690. The molecule has 0 amide bonds. The highest BCUT2D eigenvalue weighted by Gasteiger charge is 2.57. The maximum atomic E-state index is 12.3. The van der Waals surface area contributed by atoms with Gasteiger partial charge in [-0.05, 0) is 67.8 Å². The first-order valence-electron chi connectivity index (χ1n) is 8.55. The van der Waals surface area contributed by atoms with E-state index in [1.807, 2.05) is 6.08 Å². The van der Waals surface area contributed by atoms with Gasteiger partial charge >= 0.3 is 0 Å². The molecular weight excluding hydrogens is 260 g/mol. The van der Waals surface area contributed by atoms with E-state index in [2.05, 4.69) is 26.0 Å². The first-order chi connectivity index (χ1) is 9.95. The molecule has 2 unspecified atom stereocenters. The molecule has 2 fully saturated rings. The fraction of sp³-hybridized carbons (Fsp3) is 0.737. The molecule has 0 aromatic rings. The molecule has 4 aliphatic rings. The van der Waals surface area contributed by atoms with Gasteiger partial charge in [-0.1, -0.05) is 31.6 Å². The van der Waals surface area contributed by atoms with Crippen LogP contribution in [0.4, 0.5) is 0 Å². The van der Waals surface area contributed by atoms with Crippen LogP contribution in [0.15, 0.2) is 23.8 Å². The van der Waals surface area contributed by atoms with Gasteiger partial charge in [0.05, 0.1) is 6.10 Å². The van der Waals surface area contributed by atoms with Gasteiger partial charge in [-0.3, -0.25) is 4.79 Å². The standard InChI is InChI=1S/C19H26O2/c1-18-9-7-13(20)11-12(18)3-4-14-15-5-6-17(21)19(15,2)10-8-16(14)18/h3,5-6,13-16,20H,4,7-11H2,1-2H3/t13-,14?,15+,16?,18-,19-/m1/s1. The van der Waals surface area contributed by atoms with Crippen molar-refractivity contribution < 1.29 is 9.90 Å². The number of rotatable bonds is 0. The number of hydrogen-bond donors (Lipinski definition) is 1. The Morgan fingerprint density at radius 3 is 2.76 bits per heavy atom. The zero-order valence-corrected chi connectivity index (χ0v) is 13.1. The summed E-state index contributed by atoms with van der Waals surface area (Å²) >= 11 is 0. The van der Waals surface area contributed by atoms with Crippen LogP contribution in [-0.4, -0.2) is 17.0 Å². The molecule has 6 atom stereocenters. The van der Waals surface area contributed by atoms with Crippen molar-refractivity contribution in [2.45, 2.75) is 58.5 Å². The normalized spacial score (nSPS) is 52.0. The maximum Gasteiger partial charge on any atom is 0.161 e. The summed E-state index contributed by atoms with van der Waals surface area (Å²) in [6, 6.07) is 0. The highest BCUT2D eigenvalue weighted by Crippen LogP contribution is 2.62. The zero-order valence-electron chi connectivity index (χ0n) is 13.1. The predicted octanol–water partition coefficient (Wildman–Crippen LogP) is 3.66. The number of aliphatic hydroxyl groups excluding tert-OH is 1. The van der Waals surface area contributed by atoms with Crippen LogP contribution in [0.2, 0.25) is 0 Å². The lowest BCUT2D eigenvalue weighted by Gasteiger charge is -2.56. The lowest BCUT2D eigenvalue weighted by Crippen LogP contribution is -2.50. The summed E-state index contributed by atoms with van der Waals surface area (Å²) in [4.78, 5) is 12.3. The number of fused-ring (bicyclic) bond motifs is 5. The van der Waals surface area contributed by atoms with Crippen molar-refractivity contribution in [1.82, 2.24) is 0 Å². The number of hydrogen-bond acceptors (Lipinski definition) is 2. The van der Waals surface area contributed by atoms with E-state index in [-0.39, 0.29) is 16.9 Å². The fourth-order valence-corrected chi connectivity index (χ4v) is 5.92. The van der Waals surface area contributed by atoms with E-state index >= 15 is 0 Å². The van der Waals surface area contributed by atoms with E-state index in [1.165, 1.54) is 12.0 Å². The SMILES string of the molecule is C[C@@]12CCC3C(CC=C4C[C@H](O)CC[C@]43C)[C@@H]1C=CC2=O. The van der Waals surface area contributed by atoms with Crippen LogP contribution in [-0.2, 0) is 4.79 Å². The predicted molar refractivity (Wildman–Crippen MR) is 82.6 cm³/mol. The molecule has 0 radical (unpaired) electrons. The van der Waals surface area contributed by atoms with Gasteiger partial charge in [-0.2, -0.15) is 0 Å². The van der Waals surface area contributed by atoms with E-state index in [1.54, 1.807) is 0 Å². The monoisotopic (exact) mass is 286 g/mol. The van der Waals surface area contributed by atoms with Crippen molar-refractivity contribution in [1.29, 1.82) is 0 Å². The third kappa shape index (κ3) is 1.72. The van der Waals surface area contributed by atoms with Gasteiger partial charge in [0, 0.05) is 5.41 Å². The van der Waals surface area contributed by atoms with Gasteiger partial charge in [0.1, 0.15) is 0 Å². The molecule has 114 valence electrons. The lowest BCUT2D eigenvalue weighted by molar-refractivity contribution is -0.129. The van der Waals surface area contributed by atoms with Gasteiger partial charge in [-0.25, -0.2) is 0 Å². The Morgan fingerprint density at radius 2 is 1.95 bits per heavy atom. The van der Waals surface area contributed by atoms with Crippen molar-refractivity contribution in [3.8, 4) is 0 Å². The third-order valence-corrected chi connectivity index (χ3v) is 7.35. The molecule has 4 rings (SSSR count). The Bertz CT molecular complexity index is 546. The fourth-order valence-electron chi connectivity index (χ4n) is 5.92. The molecule has 2 nitrogen and oxygen atoms in total. The van der Waals surface area contributed by atoms with Crippen molar-refractivity contribution >= 4 is 5.78 Å². The summed E-state index contributed by atoms with van der Waals surface area (Å²) in [7, 11) is 0. The van der Waals surface area contributed by atoms with Crippen LogP contribution >= 0.6 is 0 Å². The molecule has 0 saturated heterocycles. The number of carbonyl (C=O) groups is 1. The summed E-state index contributed by atoms with van der Waals surface area (Å²) in [6.45, 7) is 4.60. The number of ketones is 1. The summed E-state index contributed by atoms with van der Waals surface area (Å²) in [5.74, 6) is 2.10. The Kier molecular flexibility index (Phi) is 2.83. The molecule has 0 spiro atoms. The first-order valence-corrected chi connectivity index (χ1v) is 8.55. The molecule has 4 aliphatic carbocycles. The largest absolute Gasteiger partial charge is 0.393 e. The molecule has 0 aliphatic heterocycles.